The molecule has 0 saturated carbocycles. The van der Waals surface area contributed by atoms with Crippen LogP contribution in [-0.2, 0) is 0 Å². The Morgan fingerprint density at radius 3 is 1.94 bits per heavy atom. The molecule has 0 atom stereocenters. The first kappa shape index (κ1) is 29.8. The summed E-state index contributed by atoms with van der Waals surface area (Å²) in [7, 11) is 0. The van der Waals surface area contributed by atoms with Crippen molar-refractivity contribution >= 4 is 72.8 Å². The fourth-order valence-electron chi connectivity index (χ4n) is 7.43. The monoisotopic (exact) mass is 665 g/mol. The molecule has 0 N–H and O–H groups in total. The smallest absolute Gasteiger partial charge is 0.138 e. The van der Waals surface area contributed by atoms with E-state index in [0.29, 0.717) is 0 Å². The molecule has 0 radical (unpaired) electrons. The van der Waals surface area contributed by atoms with E-state index in [0.717, 1.165) is 28.6 Å². The third-order valence-electron chi connectivity index (χ3n) is 9.84. The molecule has 10 aromatic rings. The number of aromatic nitrogens is 4. The van der Waals surface area contributed by atoms with Crippen LogP contribution < -0.4 is 4.90 Å². The highest BCUT2D eigenvalue weighted by atomic mass is 15.2. The first-order valence-electron chi connectivity index (χ1n) is 17.4. The van der Waals surface area contributed by atoms with Crippen molar-refractivity contribution in [2.75, 3.05) is 4.90 Å². The van der Waals surface area contributed by atoms with Crippen molar-refractivity contribution in [3.8, 4) is 16.8 Å². The summed E-state index contributed by atoms with van der Waals surface area (Å²) in [5.74, 6) is 1.57. The average molecular weight is 666 g/mol. The van der Waals surface area contributed by atoms with Crippen molar-refractivity contribution in [3.63, 3.8) is 0 Å². The summed E-state index contributed by atoms with van der Waals surface area (Å²) in [5, 5.41) is 7.58. The summed E-state index contributed by atoms with van der Waals surface area (Å²) in [6.45, 7) is 0. The van der Waals surface area contributed by atoms with Crippen LogP contribution in [0.1, 0.15) is 11.3 Å². The zero-order valence-electron chi connectivity index (χ0n) is 28.1. The second kappa shape index (κ2) is 12.3. The first-order valence-corrected chi connectivity index (χ1v) is 17.4. The molecule has 0 aliphatic carbocycles. The molecule has 10 rings (SSSR count). The zero-order valence-corrected chi connectivity index (χ0v) is 28.1. The summed E-state index contributed by atoms with van der Waals surface area (Å²) in [6.07, 6.45) is 9.61. The number of benzene rings is 6. The van der Waals surface area contributed by atoms with Crippen molar-refractivity contribution in [1.82, 2.24) is 19.5 Å². The van der Waals surface area contributed by atoms with Gasteiger partial charge < -0.3 is 4.57 Å². The molecule has 4 aromatic heterocycles. The Kier molecular flexibility index (Phi) is 7.07. The topological polar surface area (TPSA) is 46.8 Å². The third kappa shape index (κ3) is 5.15. The van der Waals surface area contributed by atoms with Crippen LogP contribution in [-0.4, -0.2) is 19.5 Å². The minimum absolute atomic E-state index is 0.784. The molecule has 0 saturated heterocycles. The Hall–Kier alpha value is -7.11. The summed E-state index contributed by atoms with van der Waals surface area (Å²) in [5.41, 5.74) is 8.93. The Morgan fingerprint density at radius 2 is 1.17 bits per heavy atom. The van der Waals surface area contributed by atoms with Crippen molar-refractivity contribution in [3.05, 3.63) is 188 Å². The van der Waals surface area contributed by atoms with Gasteiger partial charge in [0.25, 0.3) is 0 Å². The van der Waals surface area contributed by atoms with Gasteiger partial charge >= 0.3 is 0 Å². The van der Waals surface area contributed by atoms with Crippen LogP contribution in [0.3, 0.4) is 0 Å². The lowest BCUT2D eigenvalue weighted by molar-refractivity contribution is 1.11. The number of rotatable bonds is 7. The van der Waals surface area contributed by atoms with E-state index >= 15 is 0 Å². The second-order valence-corrected chi connectivity index (χ2v) is 13.0. The standard InChI is InChI=1S/C47H31N5/c1-2-10-40(11-3-1)51-42-12-8-9-33-18-21-37-29-38(30-43(51)47(37)46(33)42)36-20-19-34-27-32(15-17-35(34)28-36)16-22-39-23-24-41(31-50-39)52(44-13-4-6-25-48-44)45-14-5-7-26-49-45/h1-31H. The van der Waals surface area contributed by atoms with Gasteiger partial charge in [0.1, 0.15) is 11.6 Å². The van der Waals surface area contributed by atoms with Crippen molar-refractivity contribution in [2.24, 2.45) is 0 Å². The number of hydrogen-bond donors (Lipinski definition) is 0. The third-order valence-corrected chi connectivity index (χ3v) is 9.84. The highest BCUT2D eigenvalue weighted by Crippen LogP contribution is 2.41. The summed E-state index contributed by atoms with van der Waals surface area (Å²) in [6, 6.07) is 55.7. The lowest BCUT2D eigenvalue weighted by Crippen LogP contribution is -2.12. The zero-order chi connectivity index (χ0) is 34.4. The Balaban J connectivity index is 0.960. The van der Waals surface area contributed by atoms with Gasteiger partial charge in [0.05, 0.1) is 28.6 Å². The largest absolute Gasteiger partial charge is 0.309 e. The Labute approximate surface area is 300 Å². The van der Waals surface area contributed by atoms with Gasteiger partial charge in [-0.25, -0.2) is 9.97 Å². The van der Waals surface area contributed by atoms with Gasteiger partial charge in [0.2, 0.25) is 0 Å². The molecule has 52 heavy (non-hydrogen) atoms. The Morgan fingerprint density at radius 1 is 0.462 bits per heavy atom. The predicted molar refractivity (Wildman–Crippen MR) is 216 cm³/mol. The molecule has 0 spiro atoms. The molecule has 0 aliphatic heterocycles. The molecular weight excluding hydrogens is 635 g/mol. The fourth-order valence-corrected chi connectivity index (χ4v) is 7.43. The van der Waals surface area contributed by atoms with E-state index in [1.54, 1.807) is 12.4 Å². The first-order chi connectivity index (χ1) is 25.8. The predicted octanol–water partition coefficient (Wildman–Crippen LogP) is 12.0. The SMILES string of the molecule is C(=Cc1ccc(N(c2ccccn2)c2ccccn2)cn1)c1ccc2cc(-c3cc4ccc5cccc6c5c4c(c3)n6-c3ccccc3)ccc2c1. The van der Waals surface area contributed by atoms with Gasteiger partial charge in [-0.3, -0.25) is 9.88 Å². The van der Waals surface area contributed by atoms with Gasteiger partial charge in [-0.05, 0) is 123 Å². The summed E-state index contributed by atoms with van der Waals surface area (Å²) in [4.78, 5) is 15.9. The van der Waals surface area contributed by atoms with Gasteiger partial charge in [-0.15, -0.1) is 0 Å². The molecule has 0 fully saturated rings. The maximum Gasteiger partial charge on any atom is 0.138 e. The van der Waals surface area contributed by atoms with E-state index in [1.807, 2.05) is 53.6 Å². The molecule has 0 bridgehead atoms. The Bertz CT molecular complexity index is 2840. The number of pyridine rings is 3. The maximum atomic E-state index is 4.76. The normalized spacial score (nSPS) is 11.8. The van der Waals surface area contributed by atoms with Crippen LogP contribution in [0, 0.1) is 0 Å². The molecule has 5 nitrogen and oxygen atoms in total. The molecular formula is C47H31N5. The molecule has 5 heteroatoms. The molecule has 0 unspecified atom stereocenters. The lowest BCUT2D eigenvalue weighted by Gasteiger charge is -2.22. The van der Waals surface area contributed by atoms with Crippen LogP contribution in [0.2, 0.25) is 0 Å². The van der Waals surface area contributed by atoms with Crippen molar-refractivity contribution in [1.29, 1.82) is 0 Å². The van der Waals surface area contributed by atoms with Crippen LogP contribution in [0.25, 0.3) is 72.3 Å². The van der Waals surface area contributed by atoms with E-state index in [-0.39, 0.29) is 0 Å². The van der Waals surface area contributed by atoms with E-state index in [2.05, 4.69) is 142 Å². The number of para-hydroxylation sites is 1. The van der Waals surface area contributed by atoms with Crippen LogP contribution in [0.15, 0.2) is 176 Å². The number of nitrogens with zero attached hydrogens (tertiary/aromatic N) is 5. The van der Waals surface area contributed by atoms with Crippen molar-refractivity contribution < 1.29 is 0 Å². The van der Waals surface area contributed by atoms with Crippen LogP contribution in [0.4, 0.5) is 17.3 Å². The fraction of sp³-hybridized carbons (Fsp3) is 0. The number of fused-ring (bicyclic) bond motifs is 1. The van der Waals surface area contributed by atoms with Crippen LogP contribution in [0.5, 0.6) is 0 Å². The van der Waals surface area contributed by atoms with Crippen molar-refractivity contribution in [2.45, 2.75) is 0 Å². The maximum absolute atomic E-state index is 4.76. The summed E-state index contributed by atoms with van der Waals surface area (Å²) < 4.78 is 2.41. The van der Waals surface area contributed by atoms with Gasteiger partial charge in [-0.1, -0.05) is 84.9 Å². The molecule has 6 aromatic carbocycles. The molecule has 244 valence electrons. The van der Waals surface area contributed by atoms with E-state index < -0.39 is 0 Å². The van der Waals surface area contributed by atoms with E-state index in [4.69, 9.17) is 4.98 Å². The van der Waals surface area contributed by atoms with E-state index in [1.165, 1.54) is 60.2 Å². The van der Waals surface area contributed by atoms with Gasteiger partial charge in [-0.2, -0.15) is 0 Å². The molecule has 0 amide bonds. The number of anilines is 3. The number of hydrogen-bond acceptors (Lipinski definition) is 4. The minimum Gasteiger partial charge on any atom is -0.309 e. The molecule has 4 heterocycles. The van der Waals surface area contributed by atoms with Crippen LogP contribution >= 0.6 is 0 Å². The lowest BCUT2D eigenvalue weighted by atomic mass is 9.95. The van der Waals surface area contributed by atoms with Gasteiger partial charge in [0, 0.05) is 28.9 Å². The highest BCUT2D eigenvalue weighted by Gasteiger charge is 2.18. The molecule has 0 aliphatic rings. The minimum atomic E-state index is 0.784. The quantitative estimate of drug-likeness (QED) is 0.159. The van der Waals surface area contributed by atoms with E-state index in [9.17, 15) is 0 Å². The summed E-state index contributed by atoms with van der Waals surface area (Å²) >= 11 is 0. The second-order valence-electron chi connectivity index (χ2n) is 13.0. The average Bonchev–Trinajstić information content (AvgIpc) is 3.56. The van der Waals surface area contributed by atoms with Gasteiger partial charge in [0.15, 0.2) is 0 Å². The highest BCUT2D eigenvalue weighted by molar-refractivity contribution is 6.25.